The maximum atomic E-state index is 12.1. The number of hydrogen-bond acceptors (Lipinski definition) is 2. The summed E-state index contributed by atoms with van der Waals surface area (Å²) < 4.78 is 6.54. The highest BCUT2D eigenvalue weighted by molar-refractivity contribution is 9.10. The molecular weight excluding hydrogens is 342 g/mol. The second-order valence-electron chi connectivity index (χ2n) is 5.23. The van der Waals surface area contributed by atoms with Gasteiger partial charge in [-0.05, 0) is 65.0 Å². The first-order valence-corrected chi connectivity index (χ1v) is 8.08. The van der Waals surface area contributed by atoms with E-state index in [1.165, 1.54) is 5.56 Å². The van der Waals surface area contributed by atoms with Crippen molar-refractivity contribution in [1.29, 1.82) is 0 Å². The van der Waals surface area contributed by atoms with Crippen LogP contribution in [-0.4, -0.2) is 12.5 Å². The molecule has 0 aliphatic carbocycles. The van der Waals surface area contributed by atoms with Crippen molar-refractivity contribution in [2.75, 3.05) is 11.9 Å². The van der Waals surface area contributed by atoms with Crippen molar-refractivity contribution in [1.82, 2.24) is 0 Å². The zero-order chi connectivity index (χ0) is 16.1. The molecule has 2 rings (SSSR count). The van der Waals surface area contributed by atoms with Crippen LogP contribution in [0.2, 0.25) is 0 Å². The number of rotatable bonds is 5. The monoisotopic (exact) mass is 361 g/mol. The topological polar surface area (TPSA) is 38.3 Å². The highest BCUT2D eigenvalue weighted by Gasteiger charge is 2.09. The molecule has 0 atom stereocenters. The Morgan fingerprint density at radius 3 is 2.45 bits per heavy atom. The number of benzene rings is 2. The van der Waals surface area contributed by atoms with Crippen LogP contribution in [0.5, 0.6) is 5.75 Å². The molecule has 0 spiro atoms. The van der Waals surface area contributed by atoms with E-state index in [-0.39, 0.29) is 12.5 Å². The molecule has 4 heteroatoms. The fraction of sp³-hybridized carbons (Fsp3) is 0.278. The third kappa shape index (κ3) is 4.10. The lowest BCUT2D eigenvalue weighted by Gasteiger charge is -2.13. The molecule has 2 aromatic carbocycles. The van der Waals surface area contributed by atoms with Gasteiger partial charge in [0, 0.05) is 4.47 Å². The Balaban J connectivity index is 1.99. The van der Waals surface area contributed by atoms with Gasteiger partial charge in [0.15, 0.2) is 6.61 Å². The van der Waals surface area contributed by atoms with Gasteiger partial charge in [-0.15, -0.1) is 0 Å². The van der Waals surface area contributed by atoms with Crippen molar-refractivity contribution in [3.8, 4) is 5.75 Å². The Labute approximate surface area is 139 Å². The summed E-state index contributed by atoms with van der Waals surface area (Å²) in [6.07, 6.45) is 0.961. The zero-order valence-electron chi connectivity index (χ0n) is 13.1. The second kappa shape index (κ2) is 7.45. The molecule has 0 aliphatic rings. The van der Waals surface area contributed by atoms with E-state index in [0.717, 1.165) is 33.5 Å². The van der Waals surface area contributed by atoms with Crippen molar-refractivity contribution in [2.45, 2.75) is 27.2 Å². The Morgan fingerprint density at radius 2 is 1.86 bits per heavy atom. The summed E-state index contributed by atoms with van der Waals surface area (Å²) in [6, 6.07) is 11.8. The molecule has 0 unspecified atom stereocenters. The zero-order valence-corrected chi connectivity index (χ0v) is 14.7. The molecular formula is C18H20BrNO2. The molecule has 22 heavy (non-hydrogen) atoms. The molecule has 1 amide bonds. The summed E-state index contributed by atoms with van der Waals surface area (Å²) in [7, 11) is 0. The quantitative estimate of drug-likeness (QED) is 0.841. The van der Waals surface area contributed by atoms with Gasteiger partial charge in [0.1, 0.15) is 5.75 Å². The van der Waals surface area contributed by atoms with Gasteiger partial charge in [-0.3, -0.25) is 4.79 Å². The van der Waals surface area contributed by atoms with Gasteiger partial charge < -0.3 is 10.1 Å². The van der Waals surface area contributed by atoms with E-state index in [1.54, 1.807) is 0 Å². The summed E-state index contributed by atoms with van der Waals surface area (Å²) in [4.78, 5) is 12.1. The maximum Gasteiger partial charge on any atom is 0.262 e. The van der Waals surface area contributed by atoms with Crippen molar-refractivity contribution < 1.29 is 9.53 Å². The number of para-hydroxylation sites is 1. The highest BCUT2D eigenvalue weighted by atomic mass is 79.9. The molecule has 0 saturated heterocycles. The van der Waals surface area contributed by atoms with Gasteiger partial charge >= 0.3 is 0 Å². The van der Waals surface area contributed by atoms with Crippen LogP contribution in [0.3, 0.4) is 0 Å². The number of halogens is 1. The molecule has 0 fully saturated rings. The number of hydrogen-bond donors (Lipinski definition) is 1. The van der Waals surface area contributed by atoms with Crippen molar-refractivity contribution >= 4 is 27.5 Å². The number of amides is 1. The van der Waals surface area contributed by atoms with Crippen LogP contribution in [0.25, 0.3) is 0 Å². The third-order valence-electron chi connectivity index (χ3n) is 3.47. The number of carbonyl (C=O) groups excluding carboxylic acids is 1. The SMILES string of the molecule is CCc1ccc(NC(=O)COc2c(C)cccc2C)c(Br)c1. The summed E-state index contributed by atoms with van der Waals surface area (Å²) in [5, 5.41) is 2.86. The van der Waals surface area contributed by atoms with E-state index in [0.29, 0.717) is 0 Å². The second-order valence-corrected chi connectivity index (χ2v) is 6.08. The van der Waals surface area contributed by atoms with E-state index in [1.807, 2.05) is 50.2 Å². The summed E-state index contributed by atoms with van der Waals surface area (Å²) in [6.45, 7) is 6.03. The molecule has 2 aromatic rings. The minimum atomic E-state index is -0.174. The largest absolute Gasteiger partial charge is 0.483 e. The van der Waals surface area contributed by atoms with Crippen LogP contribution in [0.4, 0.5) is 5.69 Å². The van der Waals surface area contributed by atoms with Gasteiger partial charge in [-0.25, -0.2) is 0 Å². The van der Waals surface area contributed by atoms with Crippen LogP contribution < -0.4 is 10.1 Å². The number of aryl methyl sites for hydroxylation is 3. The van der Waals surface area contributed by atoms with Gasteiger partial charge in [0.2, 0.25) is 0 Å². The standard InChI is InChI=1S/C18H20BrNO2/c1-4-14-8-9-16(15(19)10-14)20-17(21)11-22-18-12(2)6-5-7-13(18)3/h5-10H,4,11H2,1-3H3,(H,20,21). The number of ether oxygens (including phenoxy) is 1. The summed E-state index contributed by atoms with van der Waals surface area (Å²) in [5.41, 5.74) is 4.03. The average Bonchev–Trinajstić information content (AvgIpc) is 2.48. The van der Waals surface area contributed by atoms with E-state index >= 15 is 0 Å². The predicted molar refractivity (Wildman–Crippen MR) is 93.6 cm³/mol. The molecule has 0 aromatic heterocycles. The molecule has 0 radical (unpaired) electrons. The minimum absolute atomic E-state index is 0.00629. The fourth-order valence-electron chi connectivity index (χ4n) is 2.23. The Morgan fingerprint density at radius 1 is 1.18 bits per heavy atom. The molecule has 0 heterocycles. The van der Waals surface area contributed by atoms with Crippen LogP contribution in [-0.2, 0) is 11.2 Å². The molecule has 0 bridgehead atoms. The van der Waals surface area contributed by atoms with Gasteiger partial charge in [-0.2, -0.15) is 0 Å². The highest BCUT2D eigenvalue weighted by Crippen LogP contribution is 2.25. The molecule has 1 N–H and O–H groups in total. The minimum Gasteiger partial charge on any atom is -0.483 e. The Hall–Kier alpha value is -1.81. The first-order valence-electron chi connectivity index (χ1n) is 7.28. The van der Waals surface area contributed by atoms with Crippen molar-refractivity contribution in [3.63, 3.8) is 0 Å². The lowest BCUT2D eigenvalue weighted by Crippen LogP contribution is -2.21. The van der Waals surface area contributed by atoms with Gasteiger partial charge in [0.05, 0.1) is 5.69 Å². The molecule has 116 valence electrons. The van der Waals surface area contributed by atoms with Gasteiger partial charge in [-0.1, -0.05) is 31.2 Å². The fourth-order valence-corrected chi connectivity index (χ4v) is 2.76. The first-order chi connectivity index (χ1) is 10.5. The molecule has 3 nitrogen and oxygen atoms in total. The van der Waals surface area contributed by atoms with E-state index in [9.17, 15) is 4.79 Å². The smallest absolute Gasteiger partial charge is 0.262 e. The number of nitrogens with one attached hydrogen (secondary N) is 1. The predicted octanol–water partition coefficient (Wildman–Crippen LogP) is 4.65. The molecule has 0 saturated carbocycles. The number of anilines is 1. The third-order valence-corrected chi connectivity index (χ3v) is 4.13. The Kier molecular flexibility index (Phi) is 5.61. The van der Waals surface area contributed by atoms with Crippen molar-refractivity contribution in [3.05, 3.63) is 57.6 Å². The van der Waals surface area contributed by atoms with E-state index in [4.69, 9.17) is 4.74 Å². The van der Waals surface area contributed by atoms with E-state index < -0.39 is 0 Å². The number of carbonyl (C=O) groups is 1. The Bertz CT molecular complexity index is 663. The summed E-state index contributed by atoms with van der Waals surface area (Å²) in [5.74, 6) is 0.602. The lowest BCUT2D eigenvalue weighted by molar-refractivity contribution is -0.118. The van der Waals surface area contributed by atoms with Gasteiger partial charge in [0.25, 0.3) is 5.91 Å². The van der Waals surface area contributed by atoms with Crippen LogP contribution >= 0.6 is 15.9 Å². The normalized spacial score (nSPS) is 10.4. The maximum absolute atomic E-state index is 12.1. The van der Waals surface area contributed by atoms with Crippen LogP contribution in [0.1, 0.15) is 23.6 Å². The van der Waals surface area contributed by atoms with Crippen molar-refractivity contribution in [2.24, 2.45) is 0 Å². The van der Waals surface area contributed by atoms with Crippen LogP contribution in [0, 0.1) is 13.8 Å². The van der Waals surface area contributed by atoms with Crippen LogP contribution in [0.15, 0.2) is 40.9 Å². The molecule has 0 aliphatic heterocycles. The summed E-state index contributed by atoms with van der Waals surface area (Å²) >= 11 is 3.48. The average molecular weight is 362 g/mol. The lowest BCUT2D eigenvalue weighted by atomic mass is 10.1. The first kappa shape index (κ1) is 16.6. The van der Waals surface area contributed by atoms with E-state index in [2.05, 4.69) is 28.2 Å².